The van der Waals surface area contributed by atoms with Gasteiger partial charge in [0.15, 0.2) is 6.61 Å². The average Bonchev–Trinajstić information content (AvgIpc) is 3.44. The van der Waals surface area contributed by atoms with E-state index in [1.165, 1.54) is 25.7 Å². The Kier molecular flexibility index (Phi) is 3.68. The summed E-state index contributed by atoms with van der Waals surface area (Å²) in [6.07, 6.45) is 5.04. The van der Waals surface area contributed by atoms with E-state index >= 15 is 0 Å². The fraction of sp³-hybridized carbons (Fsp3) is 0.474. The minimum atomic E-state index is -0.0153. The molecule has 1 N–H and O–H groups in total. The van der Waals surface area contributed by atoms with E-state index in [1.54, 1.807) is 0 Å². The number of nitrogens with one attached hydrogen (secondary N) is 1. The van der Waals surface area contributed by atoms with Crippen LogP contribution < -0.4 is 10.1 Å². The molecule has 23 heavy (non-hydrogen) atoms. The molecule has 2 aliphatic rings. The van der Waals surface area contributed by atoms with E-state index in [4.69, 9.17) is 4.74 Å². The van der Waals surface area contributed by atoms with Gasteiger partial charge in [-0.05, 0) is 56.6 Å². The lowest BCUT2D eigenvalue weighted by molar-refractivity contribution is -0.124. The van der Waals surface area contributed by atoms with Crippen LogP contribution in [0.1, 0.15) is 31.4 Å². The van der Waals surface area contributed by atoms with Crippen molar-refractivity contribution in [1.82, 2.24) is 10.3 Å². The molecule has 0 atom stereocenters. The number of benzene rings is 1. The number of pyridine rings is 1. The van der Waals surface area contributed by atoms with Crippen LogP contribution in [0.2, 0.25) is 0 Å². The monoisotopic (exact) mass is 310 g/mol. The number of amides is 1. The van der Waals surface area contributed by atoms with Crippen LogP contribution in [0.25, 0.3) is 10.9 Å². The van der Waals surface area contributed by atoms with Crippen molar-refractivity contribution in [1.29, 1.82) is 0 Å². The molecule has 0 spiro atoms. The Morgan fingerprint density at radius 1 is 1.22 bits per heavy atom. The molecule has 120 valence electrons. The van der Waals surface area contributed by atoms with Crippen molar-refractivity contribution in [2.24, 2.45) is 11.8 Å². The van der Waals surface area contributed by atoms with Gasteiger partial charge in [-0.25, -0.2) is 4.98 Å². The molecule has 1 heterocycles. The summed E-state index contributed by atoms with van der Waals surface area (Å²) in [5, 5.41) is 4.22. The quantitative estimate of drug-likeness (QED) is 0.891. The number of para-hydroxylation sites is 1. The van der Waals surface area contributed by atoms with Crippen LogP contribution in [0.5, 0.6) is 5.75 Å². The van der Waals surface area contributed by atoms with Gasteiger partial charge in [0.1, 0.15) is 11.3 Å². The summed E-state index contributed by atoms with van der Waals surface area (Å²) in [6, 6.07) is 10.2. The van der Waals surface area contributed by atoms with Crippen molar-refractivity contribution in [3.63, 3.8) is 0 Å². The minimum Gasteiger partial charge on any atom is -0.481 e. The van der Waals surface area contributed by atoms with E-state index in [9.17, 15) is 4.79 Å². The van der Waals surface area contributed by atoms with Crippen molar-refractivity contribution in [3.8, 4) is 5.75 Å². The topological polar surface area (TPSA) is 51.2 Å². The molecule has 1 aromatic carbocycles. The molecular formula is C19H22N2O2. The molecular weight excluding hydrogens is 288 g/mol. The maximum absolute atomic E-state index is 12.2. The number of aromatic nitrogens is 1. The summed E-state index contributed by atoms with van der Waals surface area (Å²) < 4.78 is 5.76. The minimum absolute atomic E-state index is 0.0153. The molecule has 2 fully saturated rings. The zero-order valence-electron chi connectivity index (χ0n) is 13.4. The smallest absolute Gasteiger partial charge is 0.258 e. The Bertz CT molecular complexity index is 723. The molecule has 2 saturated carbocycles. The zero-order valence-corrected chi connectivity index (χ0v) is 13.4. The van der Waals surface area contributed by atoms with Gasteiger partial charge in [-0.1, -0.05) is 18.2 Å². The van der Waals surface area contributed by atoms with Crippen LogP contribution in [0.3, 0.4) is 0 Å². The molecule has 2 aromatic rings. The number of hydrogen-bond donors (Lipinski definition) is 1. The van der Waals surface area contributed by atoms with Gasteiger partial charge in [0.2, 0.25) is 0 Å². The molecule has 4 heteroatoms. The van der Waals surface area contributed by atoms with Crippen molar-refractivity contribution >= 4 is 16.8 Å². The molecule has 1 aromatic heterocycles. The van der Waals surface area contributed by atoms with E-state index in [0.29, 0.717) is 23.6 Å². The van der Waals surface area contributed by atoms with E-state index in [0.717, 1.165) is 16.6 Å². The standard InChI is InChI=1S/C19H22N2O2/c1-12-5-6-13-3-2-4-16(19(13)20-12)23-11-17(22)21-18(14-7-8-14)15-9-10-15/h2-6,14-15,18H,7-11H2,1H3,(H,21,22). The maximum atomic E-state index is 12.2. The summed E-state index contributed by atoms with van der Waals surface area (Å²) in [5.74, 6) is 2.07. The van der Waals surface area contributed by atoms with Gasteiger partial charge < -0.3 is 10.1 Å². The van der Waals surface area contributed by atoms with E-state index < -0.39 is 0 Å². The summed E-state index contributed by atoms with van der Waals surface area (Å²) in [4.78, 5) is 16.8. The highest BCUT2D eigenvalue weighted by Gasteiger charge is 2.42. The summed E-state index contributed by atoms with van der Waals surface area (Å²) in [6.45, 7) is 2.02. The molecule has 0 saturated heterocycles. The summed E-state index contributed by atoms with van der Waals surface area (Å²) in [7, 11) is 0. The first-order valence-corrected chi connectivity index (χ1v) is 8.49. The maximum Gasteiger partial charge on any atom is 0.258 e. The van der Waals surface area contributed by atoms with Crippen molar-refractivity contribution in [2.75, 3.05) is 6.61 Å². The fourth-order valence-electron chi connectivity index (χ4n) is 3.24. The Balaban J connectivity index is 1.42. The first kappa shape index (κ1) is 14.5. The highest BCUT2D eigenvalue weighted by atomic mass is 16.5. The third-order valence-corrected chi connectivity index (χ3v) is 4.77. The number of carbonyl (C=O) groups is 1. The van der Waals surface area contributed by atoms with Crippen LogP contribution in [-0.4, -0.2) is 23.5 Å². The highest BCUT2D eigenvalue weighted by Crippen LogP contribution is 2.44. The average molecular weight is 310 g/mol. The normalized spacial score (nSPS) is 17.5. The SMILES string of the molecule is Cc1ccc2cccc(OCC(=O)NC(C3CC3)C3CC3)c2n1. The summed E-state index contributed by atoms with van der Waals surface area (Å²) in [5.41, 5.74) is 1.77. The zero-order chi connectivity index (χ0) is 15.8. The Morgan fingerprint density at radius 2 is 1.96 bits per heavy atom. The lowest BCUT2D eigenvalue weighted by Gasteiger charge is -2.18. The van der Waals surface area contributed by atoms with Crippen molar-refractivity contribution in [2.45, 2.75) is 38.6 Å². The number of aryl methyl sites for hydroxylation is 1. The van der Waals surface area contributed by atoms with Crippen molar-refractivity contribution in [3.05, 3.63) is 36.0 Å². The predicted molar refractivity (Wildman–Crippen MR) is 89.4 cm³/mol. The Morgan fingerprint density at radius 3 is 2.65 bits per heavy atom. The van der Waals surface area contributed by atoms with Crippen LogP contribution in [-0.2, 0) is 4.79 Å². The second-order valence-corrected chi connectivity index (χ2v) is 6.84. The number of hydrogen-bond acceptors (Lipinski definition) is 3. The van der Waals surface area contributed by atoms with Gasteiger partial charge in [0.05, 0.1) is 0 Å². The molecule has 0 unspecified atom stereocenters. The first-order valence-electron chi connectivity index (χ1n) is 8.49. The van der Waals surface area contributed by atoms with Crippen LogP contribution in [0, 0.1) is 18.8 Å². The molecule has 4 rings (SSSR count). The number of ether oxygens (including phenoxy) is 1. The summed E-state index contributed by atoms with van der Waals surface area (Å²) >= 11 is 0. The molecule has 4 nitrogen and oxygen atoms in total. The number of fused-ring (bicyclic) bond motifs is 1. The van der Waals surface area contributed by atoms with Crippen LogP contribution in [0.4, 0.5) is 0 Å². The molecule has 1 amide bonds. The van der Waals surface area contributed by atoms with Crippen LogP contribution >= 0.6 is 0 Å². The van der Waals surface area contributed by atoms with Gasteiger partial charge in [0.25, 0.3) is 5.91 Å². The second-order valence-electron chi connectivity index (χ2n) is 6.84. The van der Waals surface area contributed by atoms with Gasteiger partial charge in [-0.2, -0.15) is 0 Å². The van der Waals surface area contributed by atoms with E-state index in [1.807, 2.05) is 37.3 Å². The number of carbonyl (C=O) groups excluding carboxylic acids is 1. The molecule has 0 aliphatic heterocycles. The highest BCUT2D eigenvalue weighted by molar-refractivity contribution is 5.85. The molecule has 0 bridgehead atoms. The Labute approximate surface area is 136 Å². The van der Waals surface area contributed by atoms with Crippen molar-refractivity contribution < 1.29 is 9.53 Å². The van der Waals surface area contributed by atoms with Gasteiger partial charge in [-0.15, -0.1) is 0 Å². The molecule has 0 radical (unpaired) electrons. The predicted octanol–water partition coefficient (Wildman–Crippen LogP) is 3.23. The largest absolute Gasteiger partial charge is 0.481 e. The third-order valence-electron chi connectivity index (χ3n) is 4.77. The van der Waals surface area contributed by atoms with E-state index in [-0.39, 0.29) is 12.5 Å². The third kappa shape index (κ3) is 3.31. The van der Waals surface area contributed by atoms with Gasteiger partial charge >= 0.3 is 0 Å². The fourth-order valence-corrected chi connectivity index (χ4v) is 3.24. The lowest BCUT2D eigenvalue weighted by Crippen LogP contribution is -2.40. The van der Waals surface area contributed by atoms with Crippen LogP contribution in [0.15, 0.2) is 30.3 Å². The molecule has 2 aliphatic carbocycles. The first-order chi connectivity index (χ1) is 11.2. The van der Waals surface area contributed by atoms with Gasteiger partial charge in [0, 0.05) is 17.1 Å². The second kappa shape index (κ2) is 5.84. The van der Waals surface area contributed by atoms with E-state index in [2.05, 4.69) is 10.3 Å². The van der Waals surface area contributed by atoms with Gasteiger partial charge in [-0.3, -0.25) is 4.79 Å². The number of nitrogens with zero attached hydrogens (tertiary/aromatic N) is 1. The Hall–Kier alpha value is -2.10. The lowest BCUT2D eigenvalue weighted by atomic mass is 10.1. The number of rotatable bonds is 6.